The largest absolute Gasteiger partial charge is 0.395 e. The van der Waals surface area contributed by atoms with Gasteiger partial charge in [0.05, 0.1) is 27.9 Å². The molecular weight excluding hydrogens is 387 g/mol. The monoisotopic (exact) mass is 404 g/mol. The smallest absolute Gasteiger partial charge is 0.282 e. The van der Waals surface area contributed by atoms with Crippen molar-refractivity contribution in [2.75, 3.05) is 25.1 Å². The number of aryl methyl sites for hydroxylation is 1. The van der Waals surface area contributed by atoms with Crippen LogP contribution in [0.3, 0.4) is 0 Å². The Bertz CT molecular complexity index is 939. The first kappa shape index (κ1) is 19.4. The second-order valence-corrected chi connectivity index (χ2v) is 7.04. The minimum atomic E-state index is -0.504. The number of hydrogen-bond acceptors (Lipinski definition) is 4. The molecule has 1 aliphatic rings. The van der Waals surface area contributed by atoms with E-state index >= 15 is 0 Å². The van der Waals surface area contributed by atoms with Crippen molar-refractivity contribution in [3.8, 4) is 0 Å². The second-order valence-electron chi connectivity index (χ2n) is 6.25. The molecule has 0 atom stereocenters. The minimum absolute atomic E-state index is 0.134. The van der Waals surface area contributed by atoms with Gasteiger partial charge < -0.3 is 10.0 Å². The van der Waals surface area contributed by atoms with Crippen molar-refractivity contribution in [1.82, 2.24) is 4.90 Å². The number of halogens is 2. The first-order valence-corrected chi connectivity index (χ1v) is 9.08. The Morgan fingerprint density at radius 3 is 2.33 bits per heavy atom. The van der Waals surface area contributed by atoms with Crippen LogP contribution in [-0.2, 0) is 9.59 Å². The SMILES string of the molecule is Cc1ccc(C2=C(N(C)CCO)C(=O)N(c3cccc(Cl)c3Cl)C2=O)cc1. The lowest BCUT2D eigenvalue weighted by Crippen LogP contribution is -2.35. The topological polar surface area (TPSA) is 60.9 Å². The maximum Gasteiger partial charge on any atom is 0.282 e. The number of carbonyl (C=O) groups excluding carboxylic acids is 2. The molecule has 0 aromatic heterocycles. The molecule has 0 aliphatic carbocycles. The van der Waals surface area contributed by atoms with Crippen molar-refractivity contribution >= 4 is 46.3 Å². The maximum atomic E-state index is 13.2. The highest BCUT2D eigenvalue weighted by Gasteiger charge is 2.42. The molecule has 0 fully saturated rings. The van der Waals surface area contributed by atoms with Crippen LogP contribution >= 0.6 is 23.2 Å². The van der Waals surface area contributed by atoms with Gasteiger partial charge >= 0.3 is 0 Å². The summed E-state index contributed by atoms with van der Waals surface area (Å²) >= 11 is 12.3. The van der Waals surface area contributed by atoms with E-state index < -0.39 is 11.8 Å². The van der Waals surface area contributed by atoms with Crippen molar-refractivity contribution in [1.29, 1.82) is 0 Å². The molecule has 3 rings (SSSR count). The molecule has 1 heterocycles. The predicted molar refractivity (Wildman–Crippen MR) is 107 cm³/mol. The van der Waals surface area contributed by atoms with Gasteiger partial charge in [0.15, 0.2) is 0 Å². The van der Waals surface area contributed by atoms with Gasteiger partial charge in [0.2, 0.25) is 0 Å². The van der Waals surface area contributed by atoms with Crippen LogP contribution in [0.2, 0.25) is 10.0 Å². The van der Waals surface area contributed by atoms with Gasteiger partial charge in [0.1, 0.15) is 5.70 Å². The van der Waals surface area contributed by atoms with Crippen molar-refractivity contribution < 1.29 is 14.7 Å². The first-order chi connectivity index (χ1) is 12.9. The Labute approximate surface area is 167 Å². The summed E-state index contributed by atoms with van der Waals surface area (Å²) in [6, 6.07) is 12.1. The number of imide groups is 1. The molecule has 140 valence electrons. The number of amides is 2. The van der Waals surface area contributed by atoms with E-state index in [9.17, 15) is 14.7 Å². The summed E-state index contributed by atoms with van der Waals surface area (Å²) < 4.78 is 0. The Morgan fingerprint density at radius 1 is 1.04 bits per heavy atom. The molecule has 1 N–H and O–H groups in total. The zero-order chi connectivity index (χ0) is 19.7. The summed E-state index contributed by atoms with van der Waals surface area (Å²) in [5.74, 6) is -0.983. The molecule has 0 radical (unpaired) electrons. The fraction of sp³-hybridized carbons (Fsp3) is 0.200. The molecular formula is C20H18Cl2N2O3. The van der Waals surface area contributed by atoms with Crippen LogP contribution in [0.5, 0.6) is 0 Å². The molecule has 2 aromatic carbocycles. The number of anilines is 1. The predicted octanol–water partition coefficient (Wildman–Crippen LogP) is 3.51. The third-order valence-electron chi connectivity index (χ3n) is 4.39. The van der Waals surface area contributed by atoms with Crippen LogP contribution in [0.15, 0.2) is 48.2 Å². The number of hydrogen-bond donors (Lipinski definition) is 1. The van der Waals surface area contributed by atoms with Crippen molar-refractivity contribution in [3.05, 3.63) is 69.3 Å². The van der Waals surface area contributed by atoms with E-state index in [1.54, 1.807) is 42.3 Å². The number of aliphatic hydroxyl groups excluding tert-OH is 1. The lowest BCUT2D eigenvalue weighted by molar-refractivity contribution is -0.120. The van der Waals surface area contributed by atoms with Gasteiger partial charge in [-0.05, 0) is 24.6 Å². The summed E-state index contributed by atoms with van der Waals surface area (Å²) in [7, 11) is 1.66. The molecule has 2 amide bonds. The van der Waals surface area contributed by atoms with E-state index in [0.29, 0.717) is 5.56 Å². The number of rotatable bonds is 5. The van der Waals surface area contributed by atoms with Gasteiger partial charge in [-0.1, -0.05) is 59.1 Å². The highest BCUT2D eigenvalue weighted by atomic mass is 35.5. The number of carbonyl (C=O) groups is 2. The molecule has 7 heteroatoms. The van der Waals surface area contributed by atoms with Gasteiger partial charge in [-0.25, -0.2) is 4.90 Å². The molecule has 0 spiro atoms. The molecule has 2 aromatic rings. The van der Waals surface area contributed by atoms with E-state index in [1.165, 1.54) is 0 Å². The molecule has 0 saturated carbocycles. The summed E-state index contributed by atoms with van der Waals surface area (Å²) in [4.78, 5) is 29.0. The zero-order valence-electron chi connectivity index (χ0n) is 14.9. The molecule has 27 heavy (non-hydrogen) atoms. The summed E-state index contributed by atoms with van der Waals surface area (Å²) in [6.45, 7) is 2.00. The van der Waals surface area contributed by atoms with E-state index in [4.69, 9.17) is 23.2 Å². The van der Waals surface area contributed by atoms with Crippen molar-refractivity contribution in [2.45, 2.75) is 6.92 Å². The molecule has 0 saturated heterocycles. The Balaban J connectivity index is 2.16. The van der Waals surface area contributed by atoms with Crippen molar-refractivity contribution in [2.24, 2.45) is 0 Å². The van der Waals surface area contributed by atoms with E-state index in [2.05, 4.69) is 0 Å². The van der Waals surface area contributed by atoms with Crippen LogP contribution in [0.4, 0.5) is 5.69 Å². The number of likely N-dealkylation sites (N-methyl/N-ethyl adjacent to an activating group) is 1. The molecule has 5 nitrogen and oxygen atoms in total. The standard InChI is InChI=1S/C20H18Cl2N2O3/c1-12-6-8-13(9-7-12)16-18(23(2)10-11-25)20(27)24(19(16)26)15-5-3-4-14(21)17(15)22/h3-9,25H,10-11H2,1-2H3. The summed E-state index contributed by atoms with van der Waals surface area (Å²) in [5, 5.41) is 9.68. The lowest BCUT2D eigenvalue weighted by atomic mass is 10.0. The highest BCUT2D eigenvalue weighted by Crippen LogP contribution is 2.39. The molecule has 0 unspecified atom stereocenters. The van der Waals surface area contributed by atoms with Crippen molar-refractivity contribution in [3.63, 3.8) is 0 Å². The van der Waals surface area contributed by atoms with Gasteiger partial charge in [-0.2, -0.15) is 0 Å². The third kappa shape index (κ3) is 3.46. The number of benzene rings is 2. The van der Waals surface area contributed by atoms with E-state index in [1.807, 2.05) is 19.1 Å². The Kier molecular flexibility index (Phi) is 5.56. The number of nitrogens with zero attached hydrogens (tertiary/aromatic N) is 2. The lowest BCUT2D eigenvalue weighted by Gasteiger charge is -2.21. The zero-order valence-corrected chi connectivity index (χ0v) is 16.4. The van der Waals surface area contributed by atoms with Crippen LogP contribution in [0.1, 0.15) is 11.1 Å². The average Bonchev–Trinajstić information content (AvgIpc) is 2.89. The molecule has 0 bridgehead atoms. The number of aliphatic hydroxyl groups is 1. The fourth-order valence-electron chi connectivity index (χ4n) is 3.00. The first-order valence-electron chi connectivity index (χ1n) is 8.33. The third-order valence-corrected chi connectivity index (χ3v) is 5.20. The quantitative estimate of drug-likeness (QED) is 0.774. The van der Waals surface area contributed by atoms with E-state index in [-0.39, 0.29) is 40.2 Å². The van der Waals surface area contributed by atoms with Crippen LogP contribution in [0.25, 0.3) is 5.57 Å². The van der Waals surface area contributed by atoms with Gasteiger partial charge in [0, 0.05) is 13.6 Å². The van der Waals surface area contributed by atoms with Crippen LogP contribution in [0, 0.1) is 6.92 Å². The van der Waals surface area contributed by atoms with Crippen LogP contribution < -0.4 is 4.90 Å². The average molecular weight is 405 g/mol. The van der Waals surface area contributed by atoms with Gasteiger partial charge in [-0.3, -0.25) is 9.59 Å². The van der Waals surface area contributed by atoms with Gasteiger partial charge in [-0.15, -0.1) is 0 Å². The van der Waals surface area contributed by atoms with Crippen LogP contribution in [-0.4, -0.2) is 42.0 Å². The second kappa shape index (κ2) is 7.72. The summed E-state index contributed by atoms with van der Waals surface area (Å²) in [6.07, 6.45) is 0. The fourth-order valence-corrected chi connectivity index (χ4v) is 3.38. The Hall–Kier alpha value is -2.34. The van der Waals surface area contributed by atoms with Gasteiger partial charge in [0.25, 0.3) is 11.8 Å². The van der Waals surface area contributed by atoms with E-state index in [0.717, 1.165) is 10.5 Å². The highest BCUT2D eigenvalue weighted by molar-refractivity contribution is 6.49. The summed E-state index contributed by atoms with van der Waals surface area (Å²) in [5.41, 5.74) is 2.38. The normalized spacial score (nSPS) is 14.3. The minimum Gasteiger partial charge on any atom is -0.395 e. The Morgan fingerprint density at radius 2 is 1.70 bits per heavy atom. The molecule has 1 aliphatic heterocycles. The maximum absolute atomic E-state index is 13.2.